The molecule has 0 bridgehead atoms. The van der Waals surface area contributed by atoms with Gasteiger partial charge in [0.2, 0.25) is 0 Å². The van der Waals surface area contributed by atoms with Crippen LogP contribution in [0.4, 0.5) is 11.4 Å². The highest BCUT2D eigenvalue weighted by Gasteiger charge is 2.20. The van der Waals surface area contributed by atoms with E-state index in [9.17, 15) is 14.9 Å². The Kier molecular flexibility index (Phi) is 6.14. The maximum Gasteiger partial charge on any atom is 0.338 e. The van der Waals surface area contributed by atoms with Crippen LogP contribution < -0.4 is 5.73 Å². The van der Waals surface area contributed by atoms with Crippen molar-refractivity contribution in [1.29, 1.82) is 0 Å². The van der Waals surface area contributed by atoms with Crippen LogP contribution in [0.3, 0.4) is 0 Å². The lowest BCUT2D eigenvalue weighted by Crippen LogP contribution is -2.09. The van der Waals surface area contributed by atoms with Gasteiger partial charge < -0.3 is 10.5 Å². The summed E-state index contributed by atoms with van der Waals surface area (Å²) >= 11 is 0. The third kappa shape index (κ3) is 4.73. The minimum absolute atomic E-state index is 0.136. The van der Waals surface area contributed by atoms with Crippen LogP contribution in [0.1, 0.15) is 49.5 Å². The zero-order valence-electron chi connectivity index (χ0n) is 12.7. The maximum absolute atomic E-state index is 11.8. The topological polar surface area (TPSA) is 95.5 Å². The fourth-order valence-electron chi connectivity index (χ4n) is 2.09. The van der Waals surface area contributed by atoms with E-state index in [4.69, 9.17) is 10.5 Å². The van der Waals surface area contributed by atoms with E-state index < -0.39 is 10.9 Å². The molecule has 0 aromatic heterocycles. The monoisotopic (exact) mass is 294 g/mol. The Hall–Kier alpha value is -2.11. The van der Waals surface area contributed by atoms with Crippen LogP contribution in [0.15, 0.2) is 12.1 Å². The third-order valence-corrected chi connectivity index (χ3v) is 3.18. The van der Waals surface area contributed by atoms with Gasteiger partial charge in [-0.25, -0.2) is 4.79 Å². The first kappa shape index (κ1) is 16.9. The third-order valence-electron chi connectivity index (χ3n) is 3.18. The van der Waals surface area contributed by atoms with Gasteiger partial charge in [-0.05, 0) is 37.3 Å². The summed E-state index contributed by atoms with van der Waals surface area (Å²) in [4.78, 5) is 22.3. The van der Waals surface area contributed by atoms with Crippen LogP contribution in [0.2, 0.25) is 0 Å². The number of nitrogens with two attached hydrogens (primary N) is 1. The second-order valence-electron chi connectivity index (χ2n) is 5.33. The largest absolute Gasteiger partial charge is 0.462 e. The number of ether oxygens (including phenoxy) is 1. The maximum atomic E-state index is 11.8. The molecule has 0 radical (unpaired) electrons. The number of esters is 1. The normalized spacial score (nSPS) is 10.7. The second kappa shape index (κ2) is 7.61. The quantitative estimate of drug-likeness (QED) is 0.360. The van der Waals surface area contributed by atoms with Crippen molar-refractivity contribution >= 4 is 17.3 Å². The zero-order chi connectivity index (χ0) is 16.0. The lowest BCUT2D eigenvalue weighted by Gasteiger charge is -2.10. The molecule has 1 aromatic carbocycles. The number of nitrogens with zero attached hydrogens (tertiary/aromatic N) is 1. The van der Waals surface area contributed by atoms with Crippen LogP contribution in [-0.4, -0.2) is 17.5 Å². The predicted molar refractivity (Wildman–Crippen MR) is 81.2 cm³/mol. The molecule has 6 nitrogen and oxygen atoms in total. The van der Waals surface area contributed by atoms with Gasteiger partial charge in [0.25, 0.3) is 5.69 Å². The molecule has 0 heterocycles. The van der Waals surface area contributed by atoms with Crippen molar-refractivity contribution in [3.63, 3.8) is 0 Å². The van der Waals surface area contributed by atoms with Gasteiger partial charge in [0, 0.05) is 6.07 Å². The molecule has 0 saturated carbocycles. The van der Waals surface area contributed by atoms with Crippen LogP contribution in [-0.2, 0) is 11.2 Å². The van der Waals surface area contributed by atoms with Crippen molar-refractivity contribution in [2.45, 2.75) is 40.0 Å². The van der Waals surface area contributed by atoms with Gasteiger partial charge in [0.05, 0.1) is 17.1 Å². The summed E-state index contributed by atoms with van der Waals surface area (Å²) in [7, 11) is 0. The van der Waals surface area contributed by atoms with E-state index in [0.717, 1.165) is 12.8 Å². The highest BCUT2D eigenvalue weighted by atomic mass is 16.6. The molecule has 0 aliphatic rings. The molecule has 6 heteroatoms. The van der Waals surface area contributed by atoms with E-state index in [1.165, 1.54) is 6.07 Å². The van der Waals surface area contributed by atoms with E-state index in [1.807, 2.05) is 0 Å². The Morgan fingerprint density at radius 1 is 1.43 bits per heavy atom. The second-order valence-corrected chi connectivity index (χ2v) is 5.33. The van der Waals surface area contributed by atoms with Gasteiger partial charge >= 0.3 is 5.97 Å². The summed E-state index contributed by atoms with van der Waals surface area (Å²) in [6.07, 6.45) is 2.47. The average molecular weight is 294 g/mol. The number of aryl methyl sites for hydroxylation is 1. The minimum atomic E-state index is -0.565. The molecule has 0 atom stereocenters. The fourth-order valence-corrected chi connectivity index (χ4v) is 2.09. The molecule has 0 spiro atoms. The molecule has 0 unspecified atom stereocenters. The van der Waals surface area contributed by atoms with Crippen LogP contribution in [0.5, 0.6) is 0 Å². The number of benzene rings is 1. The van der Waals surface area contributed by atoms with Gasteiger partial charge in [0.1, 0.15) is 5.69 Å². The standard InChI is InChI=1S/C15H22N2O4/c1-4-21-15(18)12-8-11(7-5-6-10(2)3)14(16)13(9-12)17(19)20/h8-10H,4-7,16H2,1-3H3. The zero-order valence-corrected chi connectivity index (χ0v) is 12.7. The number of anilines is 1. The van der Waals surface area contributed by atoms with Crippen molar-refractivity contribution < 1.29 is 14.5 Å². The number of rotatable bonds is 7. The summed E-state index contributed by atoms with van der Waals surface area (Å²) in [5.74, 6) is -0.0137. The molecule has 0 fully saturated rings. The smallest absolute Gasteiger partial charge is 0.338 e. The molecule has 21 heavy (non-hydrogen) atoms. The first-order valence-electron chi connectivity index (χ1n) is 7.10. The molecule has 0 amide bonds. The van der Waals surface area contributed by atoms with Gasteiger partial charge in [-0.2, -0.15) is 0 Å². The number of nitro groups is 1. The number of hydrogen-bond acceptors (Lipinski definition) is 5. The highest BCUT2D eigenvalue weighted by molar-refractivity contribution is 5.92. The van der Waals surface area contributed by atoms with E-state index in [2.05, 4.69) is 13.8 Å². The van der Waals surface area contributed by atoms with Gasteiger partial charge in [0.15, 0.2) is 0 Å². The van der Waals surface area contributed by atoms with Crippen LogP contribution in [0.25, 0.3) is 0 Å². The van der Waals surface area contributed by atoms with Gasteiger partial charge in [-0.3, -0.25) is 10.1 Å². The van der Waals surface area contributed by atoms with E-state index in [1.54, 1.807) is 13.0 Å². The predicted octanol–water partition coefficient (Wildman–Crippen LogP) is 3.33. The molecular weight excluding hydrogens is 272 g/mol. The van der Waals surface area contributed by atoms with Crippen molar-refractivity contribution in [3.05, 3.63) is 33.4 Å². The minimum Gasteiger partial charge on any atom is -0.462 e. The highest BCUT2D eigenvalue weighted by Crippen LogP contribution is 2.29. The molecule has 0 aliphatic carbocycles. The van der Waals surface area contributed by atoms with E-state index in [-0.39, 0.29) is 23.5 Å². The summed E-state index contributed by atoms with van der Waals surface area (Å²) in [5, 5.41) is 11.1. The summed E-state index contributed by atoms with van der Waals surface area (Å²) in [5.41, 5.74) is 6.56. The summed E-state index contributed by atoms with van der Waals surface area (Å²) in [6.45, 7) is 6.13. The Bertz CT molecular complexity index is 527. The Morgan fingerprint density at radius 3 is 2.62 bits per heavy atom. The number of nitro benzene ring substituents is 1. The molecule has 2 N–H and O–H groups in total. The van der Waals surface area contributed by atoms with Gasteiger partial charge in [-0.1, -0.05) is 20.3 Å². The first-order chi connectivity index (χ1) is 9.86. The number of hydrogen-bond donors (Lipinski definition) is 1. The SMILES string of the molecule is CCOC(=O)c1cc(CCCC(C)C)c(N)c([N+](=O)[O-])c1. The molecule has 1 rings (SSSR count). The van der Waals surface area contributed by atoms with Crippen LogP contribution >= 0.6 is 0 Å². The Labute approximate surface area is 124 Å². The van der Waals surface area contributed by atoms with Crippen molar-refractivity contribution in [2.75, 3.05) is 12.3 Å². The Morgan fingerprint density at radius 2 is 2.10 bits per heavy atom. The van der Waals surface area contributed by atoms with Crippen LogP contribution in [0, 0.1) is 16.0 Å². The van der Waals surface area contributed by atoms with Crippen molar-refractivity contribution in [1.82, 2.24) is 0 Å². The Balaban J connectivity index is 3.09. The van der Waals surface area contributed by atoms with Crippen molar-refractivity contribution in [2.24, 2.45) is 5.92 Å². The lowest BCUT2D eigenvalue weighted by molar-refractivity contribution is -0.384. The lowest BCUT2D eigenvalue weighted by atomic mass is 9.99. The summed E-state index contributed by atoms with van der Waals surface area (Å²) in [6, 6.07) is 2.78. The number of carbonyl (C=O) groups is 1. The van der Waals surface area contributed by atoms with E-state index in [0.29, 0.717) is 17.9 Å². The van der Waals surface area contributed by atoms with E-state index >= 15 is 0 Å². The summed E-state index contributed by atoms with van der Waals surface area (Å²) < 4.78 is 4.90. The average Bonchev–Trinajstić information content (AvgIpc) is 2.40. The molecule has 1 aromatic rings. The van der Waals surface area contributed by atoms with Crippen molar-refractivity contribution in [3.8, 4) is 0 Å². The molecular formula is C15H22N2O4. The molecule has 0 aliphatic heterocycles. The number of carbonyl (C=O) groups excluding carboxylic acids is 1. The number of nitrogen functional groups attached to an aromatic ring is 1. The molecule has 0 saturated heterocycles. The molecule has 116 valence electrons. The first-order valence-corrected chi connectivity index (χ1v) is 7.10. The van der Waals surface area contributed by atoms with Gasteiger partial charge in [-0.15, -0.1) is 0 Å². The fraction of sp³-hybridized carbons (Fsp3) is 0.533.